The van der Waals surface area contributed by atoms with Crippen LogP contribution in [0.25, 0.3) is 0 Å². The van der Waals surface area contributed by atoms with Gasteiger partial charge in [-0.05, 0) is 19.9 Å². The van der Waals surface area contributed by atoms with E-state index in [4.69, 9.17) is 4.74 Å². The predicted octanol–water partition coefficient (Wildman–Crippen LogP) is 0.938. The van der Waals surface area contributed by atoms with Gasteiger partial charge in [-0.2, -0.15) is 5.10 Å². The lowest BCUT2D eigenvalue weighted by atomic mass is 9.94. The van der Waals surface area contributed by atoms with E-state index in [1.807, 2.05) is 7.05 Å². The van der Waals surface area contributed by atoms with Crippen molar-refractivity contribution >= 4 is 17.7 Å². The highest BCUT2D eigenvalue weighted by Crippen LogP contribution is 2.24. The number of ether oxygens (including phenoxy) is 1. The van der Waals surface area contributed by atoms with Crippen molar-refractivity contribution in [2.75, 3.05) is 53.0 Å². The number of carbonyl (C=O) groups excluding carboxylic acids is 3. The standard InChI is InChI=1S/C25H40N6O4/c1-28(19-6-4-3-5-7-19)13-11-26-22(32)8-9-23(33)31-12-10-21-20(18-31)24(27-29(21)2)25(34)30-14-16-35-17-15-30/h19H,3-18H2,1-2H3,(H,26,32). The molecule has 3 aliphatic rings. The molecule has 1 N–H and O–H groups in total. The number of hydrogen-bond acceptors (Lipinski definition) is 6. The quantitative estimate of drug-likeness (QED) is 0.585. The molecular weight excluding hydrogens is 448 g/mol. The van der Waals surface area contributed by atoms with E-state index in [0.717, 1.165) is 17.8 Å². The first kappa shape index (κ1) is 25.6. The Bertz CT molecular complexity index is 904. The van der Waals surface area contributed by atoms with Crippen LogP contribution in [0, 0.1) is 0 Å². The second kappa shape index (κ2) is 12.0. The van der Waals surface area contributed by atoms with E-state index < -0.39 is 0 Å². The first-order valence-corrected chi connectivity index (χ1v) is 13.1. The molecule has 2 fully saturated rings. The Kier molecular flexibility index (Phi) is 8.78. The molecule has 0 radical (unpaired) electrons. The largest absolute Gasteiger partial charge is 0.378 e. The van der Waals surface area contributed by atoms with Crippen LogP contribution in [0.3, 0.4) is 0 Å². The summed E-state index contributed by atoms with van der Waals surface area (Å²) in [6.45, 7) is 4.55. The highest BCUT2D eigenvalue weighted by atomic mass is 16.5. The summed E-state index contributed by atoms with van der Waals surface area (Å²) < 4.78 is 7.12. The predicted molar refractivity (Wildman–Crippen MR) is 131 cm³/mol. The Balaban J connectivity index is 1.24. The van der Waals surface area contributed by atoms with Crippen LogP contribution in [0.4, 0.5) is 0 Å². The number of nitrogens with zero attached hydrogens (tertiary/aromatic N) is 5. The van der Waals surface area contributed by atoms with Crippen LogP contribution in [0.2, 0.25) is 0 Å². The number of hydrogen-bond donors (Lipinski definition) is 1. The maximum absolute atomic E-state index is 13.1. The van der Waals surface area contributed by atoms with Crippen molar-refractivity contribution in [2.45, 2.75) is 64.0 Å². The molecule has 0 atom stereocenters. The van der Waals surface area contributed by atoms with Gasteiger partial charge in [-0.3, -0.25) is 19.1 Å². The molecule has 35 heavy (non-hydrogen) atoms. The van der Waals surface area contributed by atoms with Gasteiger partial charge >= 0.3 is 0 Å². The molecule has 1 aromatic rings. The number of amides is 3. The smallest absolute Gasteiger partial charge is 0.274 e. The van der Waals surface area contributed by atoms with Gasteiger partial charge in [-0.1, -0.05) is 19.3 Å². The molecule has 4 rings (SSSR count). The lowest BCUT2D eigenvalue weighted by Gasteiger charge is -2.31. The van der Waals surface area contributed by atoms with E-state index in [2.05, 4.69) is 22.4 Å². The van der Waals surface area contributed by atoms with Crippen molar-refractivity contribution in [1.82, 2.24) is 29.8 Å². The maximum Gasteiger partial charge on any atom is 0.274 e. The molecule has 194 valence electrons. The van der Waals surface area contributed by atoms with E-state index in [0.29, 0.717) is 64.1 Å². The molecule has 0 spiro atoms. The molecule has 0 aromatic carbocycles. The van der Waals surface area contributed by atoms with Crippen LogP contribution in [0.5, 0.6) is 0 Å². The Morgan fingerprint density at radius 2 is 1.80 bits per heavy atom. The zero-order valence-corrected chi connectivity index (χ0v) is 21.3. The summed E-state index contributed by atoms with van der Waals surface area (Å²) in [5.41, 5.74) is 2.27. The molecule has 1 saturated carbocycles. The van der Waals surface area contributed by atoms with Gasteiger partial charge in [0, 0.05) is 82.9 Å². The van der Waals surface area contributed by atoms with Crippen LogP contribution in [-0.2, 0) is 34.3 Å². The fourth-order valence-corrected chi connectivity index (χ4v) is 5.44. The first-order chi connectivity index (χ1) is 16.9. The monoisotopic (exact) mass is 488 g/mol. The van der Waals surface area contributed by atoms with Crippen molar-refractivity contribution in [1.29, 1.82) is 0 Å². The average molecular weight is 489 g/mol. The lowest BCUT2D eigenvalue weighted by Crippen LogP contribution is -2.42. The minimum Gasteiger partial charge on any atom is -0.378 e. The highest BCUT2D eigenvalue weighted by molar-refractivity contribution is 5.94. The summed E-state index contributed by atoms with van der Waals surface area (Å²) in [6, 6.07) is 0.624. The third-order valence-electron chi connectivity index (χ3n) is 7.65. The summed E-state index contributed by atoms with van der Waals surface area (Å²) in [5, 5.41) is 7.46. The van der Waals surface area contributed by atoms with Gasteiger partial charge in [0.1, 0.15) is 0 Å². The van der Waals surface area contributed by atoms with Gasteiger partial charge in [0.2, 0.25) is 11.8 Å². The number of fused-ring (bicyclic) bond motifs is 1. The van der Waals surface area contributed by atoms with Gasteiger partial charge in [-0.25, -0.2) is 0 Å². The Morgan fingerprint density at radius 3 is 2.54 bits per heavy atom. The average Bonchev–Trinajstić information content (AvgIpc) is 3.23. The van der Waals surface area contributed by atoms with Crippen molar-refractivity contribution in [3.63, 3.8) is 0 Å². The molecule has 3 heterocycles. The molecule has 10 nitrogen and oxygen atoms in total. The van der Waals surface area contributed by atoms with Crippen molar-refractivity contribution in [3.05, 3.63) is 17.0 Å². The molecule has 1 aromatic heterocycles. The minimum atomic E-state index is -0.1000. The van der Waals surface area contributed by atoms with E-state index >= 15 is 0 Å². The van der Waals surface area contributed by atoms with E-state index in [1.54, 1.807) is 14.5 Å². The first-order valence-electron chi connectivity index (χ1n) is 13.1. The van der Waals surface area contributed by atoms with Gasteiger partial charge in [-0.15, -0.1) is 0 Å². The number of likely N-dealkylation sites (N-methyl/N-ethyl adjacent to an activating group) is 1. The van der Waals surface area contributed by atoms with Crippen LogP contribution in [-0.4, -0.2) is 101 Å². The molecule has 1 saturated heterocycles. The molecule has 0 bridgehead atoms. The van der Waals surface area contributed by atoms with Crippen molar-refractivity contribution in [3.8, 4) is 0 Å². The lowest BCUT2D eigenvalue weighted by molar-refractivity contribution is -0.134. The number of aryl methyl sites for hydroxylation is 1. The zero-order chi connectivity index (χ0) is 24.8. The second-order valence-electron chi connectivity index (χ2n) is 9.99. The number of aromatic nitrogens is 2. The third kappa shape index (κ3) is 6.41. The molecule has 1 aliphatic carbocycles. The number of carbonyl (C=O) groups is 3. The Hall–Kier alpha value is -2.46. The van der Waals surface area contributed by atoms with Crippen LogP contribution in [0.1, 0.15) is 66.7 Å². The van der Waals surface area contributed by atoms with E-state index in [9.17, 15) is 14.4 Å². The van der Waals surface area contributed by atoms with Gasteiger partial charge < -0.3 is 24.8 Å². The Morgan fingerprint density at radius 1 is 1.06 bits per heavy atom. The normalized spacial score (nSPS) is 19.1. The Labute approximate surface area is 207 Å². The fourth-order valence-electron chi connectivity index (χ4n) is 5.44. The van der Waals surface area contributed by atoms with Crippen molar-refractivity contribution < 1.29 is 19.1 Å². The summed E-state index contributed by atoms with van der Waals surface area (Å²) in [7, 11) is 3.98. The summed E-state index contributed by atoms with van der Waals surface area (Å²) in [4.78, 5) is 44.2. The third-order valence-corrected chi connectivity index (χ3v) is 7.65. The number of rotatable bonds is 8. The minimum absolute atomic E-state index is 0.0567. The van der Waals surface area contributed by atoms with Crippen LogP contribution >= 0.6 is 0 Å². The van der Waals surface area contributed by atoms with E-state index in [-0.39, 0.29) is 30.6 Å². The van der Waals surface area contributed by atoms with Crippen LogP contribution in [0.15, 0.2) is 0 Å². The summed E-state index contributed by atoms with van der Waals surface area (Å²) >= 11 is 0. The number of nitrogens with one attached hydrogen (secondary N) is 1. The molecule has 3 amide bonds. The number of morpholine rings is 1. The van der Waals surface area contributed by atoms with Gasteiger partial charge in [0.05, 0.1) is 13.2 Å². The van der Waals surface area contributed by atoms with Gasteiger partial charge in [0.15, 0.2) is 5.69 Å². The SMILES string of the molecule is CN(CCNC(=O)CCC(=O)N1CCc2c(c(C(=O)N3CCOCC3)nn2C)C1)C1CCCCC1. The summed E-state index contributed by atoms with van der Waals surface area (Å²) in [5.74, 6) is -0.242. The van der Waals surface area contributed by atoms with Crippen LogP contribution < -0.4 is 5.32 Å². The maximum atomic E-state index is 13.1. The fraction of sp³-hybridized carbons (Fsp3) is 0.760. The molecular formula is C25H40N6O4. The molecule has 2 aliphatic heterocycles. The zero-order valence-electron chi connectivity index (χ0n) is 21.3. The highest BCUT2D eigenvalue weighted by Gasteiger charge is 2.31. The molecule has 0 unspecified atom stereocenters. The summed E-state index contributed by atoms with van der Waals surface area (Å²) in [6.07, 6.45) is 7.42. The van der Waals surface area contributed by atoms with E-state index in [1.165, 1.54) is 32.1 Å². The second-order valence-corrected chi connectivity index (χ2v) is 9.99. The van der Waals surface area contributed by atoms with Gasteiger partial charge in [0.25, 0.3) is 5.91 Å². The molecule has 10 heteroatoms. The topological polar surface area (TPSA) is 100 Å². The van der Waals surface area contributed by atoms with Crippen molar-refractivity contribution in [2.24, 2.45) is 7.05 Å².